The van der Waals surface area contributed by atoms with E-state index in [0.717, 1.165) is 0 Å². The van der Waals surface area contributed by atoms with Crippen LogP contribution in [0.5, 0.6) is 0 Å². The molecule has 0 aliphatic heterocycles. The molecule has 0 saturated heterocycles. The van der Waals surface area contributed by atoms with Gasteiger partial charge in [0.15, 0.2) is 0 Å². The Morgan fingerprint density at radius 2 is 2.20 bits per heavy atom. The van der Waals surface area contributed by atoms with Crippen LogP contribution < -0.4 is 5.73 Å². The Morgan fingerprint density at radius 3 is 2.30 bits per heavy atom. The van der Waals surface area contributed by atoms with Crippen molar-refractivity contribution in [1.29, 1.82) is 5.26 Å². The van der Waals surface area contributed by atoms with E-state index in [0.29, 0.717) is 0 Å². The first kappa shape index (κ1) is 8.70. The normalized spacial score (nSPS) is 11.2. The molecule has 0 radical (unpaired) electrons. The molecule has 0 unspecified atom stereocenters. The smallest absolute Gasteiger partial charge is 0.259 e. The number of amides is 1. The molecule has 0 bridgehead atoms. The van der Waals surface area contributed by atoms with Gasteiger partial charge < -0.3 is 5.73 Å². The maximum Gasteiger partial charge on any atom is 0.259 e. The number of nitrogens with zero attached hydrogens (tertiary/aromatic N) is 1. The number of nitriles is 1. The highest BCUT2D eigenvalue weighted by Crippen LogP contribution is 1.99. The minimum absolute atomic E-state index is 0.0370. The average molecular weight is 138 g/mol. The van der Waals surface area contributed by atoms with Crippen LogP contribution in [0.3, 0.4) is 0 Å². The van der Waals surface area contributed by atoms with Gasteiger partial charge in [-0.15, -0.1) is 0 Å². The molecule has 0 aliphatic carbocycles. The van der Waals surface area contributed by atoms with Crippen molar-refractivity contribution >= 4 is 5.91 Å². The van der Waals surface area contributed by atoms with Crippen LogP contribution in [0, 0.1) is 17.2 Å². The van der Waals surface area contributed by atoms with Gasteiger partial charge in [0.25, 0.3) is 5.91 Å². The quantitative estimate of drug-likeness (QED) is 0.448. The molecule has 0 heterocycles. The number of carbonyl (C=O) groups is 1. The van der Waals surface area contributed by atoms with Crippen molar-refractivity contribution in [2.75, 3.05) is 0 Å². The monoisotopic (exact) mass is 138 g/mol. The number of rotatable bonds is 2. The Hall–Kier alpha value is -1.30. The van der Waals surface area contributed by atoms with E-state index in [1.807, 2.05) is 13.8 Å². The minimum atomic E-state index is -0.656. The van der Waals surface area contributed by atoms with E-state index < -0.39 is 5.91 Å². The van der Waals surface area contributed by atoms with E-state index >= 15 is 0 Å². The predicted molar refractivity (Wildman–Crippen MR) is 37.7 cm³/mol. The van der Waals surface area contributed by atoms with Gasteiger partial charge in [-0.1, -0.05) is 19.9 Å². The second-order valence-electron chi connectivity index (χ2n) is 2.30. The molecule has 0 aromatic carbocycles. The Morgan fingerprint density at radius 1 is 1.70 bits per heavy atom. The fraction of sp³-hybridized carbons (Fsp3) is 0.429. The van der Waals surface area contributed by atoms with Crippen molar-refractivity contribution < 1.29 is 4.79 Å². The van der Waals surface area contributed by atoms with Crippen molar-refractivity contribution in [3.8, 4) is 6.07 Å². The predicted octanol–water partition coefficient (Wildman–Crippen LogP) is 0.578. The Kier molecular flexibility index (Phi) is 3.20. The molecule has 0 fully saturated rings. The zero-order valence-electron chi connectivity index (χ0n) is 6.09. The van der Waals surface area contributed by atoms with Gasteiger partial charge >= 0.3 is 0 Å². The van der Waals surface area contributed by atoms with Crippen molar-refractivity contribution in [1.82, 2.24) is 0 Å². The van der Waals surface area contributed by atoms with E-state index in [-0.39, 0.29) is 11.5 Å². The SMILES string of the molecule is CC(C)/C=C(/C#N)C(N)=O. The second-order valence-corrected chi connectivity index (χ2v) is 2.30. The van der Waals surface area contributed by atoms with E-state index in [9.17, 15) is 4.79 Å². The highest BCUT2D eigenvalue weighted by atomic mass is 16.1. The maximum atomic E-state index is 10.4. The lowest BCUT2D eigenvalue weighted by atomic mass is 10.1. The topological polar surface area (TPSA) is 66.9 Å². The van der Waals surface area contributed by atoms with Gasteiger partial charge in [0.1, 0.15) is 11.6 Å². The maximum absolute atomic E-state index is 10.4. The largest absolute Gasteiger partial charge is 0.365 e. The van der Waals surface area contributed by atoms with Gasteiger partial charge in [0.05, 0.1) is 0 Å². The summed E-state index contributed by atoms with van der Waals surface area (Å²) in [7, 11) is 0. The minimum Gasteiger partial charge on any atom is -0.365 e. The molecule has 0 aromatic heterocycles. The summed E-state index contributed by atoms with van der Waals surface area (Å²) in [5.74, 6) is -0.474. The second kappa shape index (κ2) is 3.67. The van der Waals surface area contributed by atoms with Gasteiger partial charge in [-0.3, -0.25) is 4.79 Å². The standard InChI is InChI=1S/C7H10N2O/c1-5(2)3-6(4-8)7(9)10/h3,5H,1-2H3,(H2,9,10)/b6-3-. The number of hydrogen-bond donors (Lipinski definition) is 1. The summed E-state index contributed by atoms with van der Waals surface area (Å²) in [6.45, 7) is 3.75. The van der Waals surface area contributed by atoms with Crippen LogP contribution >= 0.6 is 0 Å². The van der Waals surface area contributed by atoms with Crippen molar-refractivity contribution in [2.45, 2.75) is 13.8 Å². The summed E-state index contributed by atoms with van der Waals surface area (Å²) < 4.78 is 0. The Balaban J connectivity index is 4.39. The summed E-state index contributed by atoms with van der Waals surface area (Å²) >= 11 is 0. The third-order valence-corrected chi connectivity index (χ3v) is 0.886. The lowest BCUT2D eigenvalue weighted by Gasteiger charge is -1.94. The summed E-state index contributed by atoms with van der Waals surface area (Å²) in [5, 5.41) is 8.33. The summed E-state index contributed by atoms with van der Waals surface area (Å²) in [4.78, 5) is 10.4. The lowest BCUT2D eigenvalue weighted by molar-refractivity contribution is -0.114. The van der Waals surface area contributed by atoms with E-state index in [1.165, 1.54) is 0 Å². The van der Waals surface area contributed by atoms with Gasteiger partial charge in [0, 0.05) is 0 Å². The molecule has 0 aromatic rings. The molecule has 0 rings (SSSR count). The molecule has 0 aliphatic rings. The lowest BCUT2D eigenvalue weighted by Crippen LogP contribution is -2.13. The highest BCUT2D eigenvalue weighted by Gasteiger charge is 2.02. The molecule has 0 saturated carbocycles. The Bertz CT molecular complexity index is 198. The highest BCUT2D eigenvalue weighted by molar-refractivity contribution is 5.95. The molecule has 54 valence electrons. The molecule has 10 heavy (non-hydrogen) atoms. The van der Waals surface area contributed by atoms with Crippen LogP contribution in [-0.4, -0.2) is 5.91 Å². The van der Waals surface area contributed by atoms with Crippen LogP contribution in [0.25, 0.3) is 0 Å². The molecular weight excluding hydrogens is 128 g/mol. The molecule has 0 spiro atoms. The molecule has 1 amide bonds. The summed E-state index contributed by atoms with van der Waals surface area (Å²) in [6, 6.07) is 1.72. The number of primary amides is 1. The summed E-state index contributed by atoms with van der Waals surface area (Å²) in [6.07, 6.45) is 1.54. The van der Waals surface area contributed by atoms with Crippen LogP contribution in [0.2, 0.25) is 0 Å². The number of allylic oxidation sites excluding steroid dienone is 1. The third kappa shape index (κ3) is 2.88. The average Bonchev–Trinajstić information content (AvgIpc) is 1.81. The van der Waals surface area contributed by atoms with E-state index in [2.05, 4.69) is 0 Å². The number of nitrogens with two attached hydrogens (primary N) is 1. The molecular formula is C7H10N2O. The van der Waals surface area contributed by atoms with Crippen molar-refractivity contribution in [3.63, 3.8) is 0 Å². The van der Waals surface area contributed by atoms with Crippen LogP contribution in [0.4, 0.5) is 0 Å². The number of carbonyl (C=O) groups excluding carboxylic acids is 1. The summed E-state index contributed by atoms with van der Waals surface area (Å²) in [5.41, 5.74) is 4.90. The zero-order valence-corrected chi connectivity index (χ0v) is 6.09. The third-order valence-electron chi connectivity index (χ3n) is 0.886. The van der Waals surface area contributed by atoms with E-state index in [4.69, 9.17) is 11.0 Å². The molecule has 3 heteroatoms. The van der Waals surface area contributed by atoms with Crippen molar-refractivity contribution in [2.24, 2.45) is 11.7 Å². The van der Waals surface area contributed by atoms with Gasteiger partial charge in [-0.2, -0.15) is 5.26 Å². The number of hydrogen-bond acceptors (Lipinski definition) is 2. The van der Waals surface area contributed by atoms with Crippen LogP contribution in [0.15, 0.2) is 11.6 Å². The van der Waals surface area contributed by atoms with Gasteiger partial charge in [-0.25, -0.2) is 0 Å². The molecule has 0 atom stereocenters. The van der Waals surface area contributed by atoms with Crippen LogP contribution in [0.1, 0.15) is 13.8 Å². The van der Waals surface area contributed by atoms with Crippen molar-refractivity contribution in [3.05, 3.63) is 11.6 Å². The van der Waals surface area contributed by atoms with Gasteiger partial charge in [0.2, 0.25) is 0 Å². The van der Waals surface area contributed by atoms with E-state index in [1.54, 1.807) is 12.1 Å². The first-order chi connectivity index (χ1) is 4.57. The van der Waals surface area contributed by atoms with Crippen LogP contribution in [-0.2, 0) is 4.79 Å². The molecule has 2 N–H and O–H groups in total. The molecule has 3 nitrogen and oxygen atoms in total. The first-order valence-electron chi connectivity index (χ1n) is 2.99. The van der Waals surface area contributed by atoms with Gasteiger partial charge in [-0.05, 0) is 5.92 Å². The fourth-order valence-electron chi connectivity index (χ4n) is 0.508. The zero-order chi connectivity index (χ0) is 8.15. The fourth-order valence-corrected chi connectivity index (χ4v) is 0.508. The Labute approximate surface area is 60.1 Å². The first-order valence-corrected chi connectivity index (χ1v) is 2.99.